The molecule has 1 aromatic rings. The molecule has 0 aromatic heterocycles. The zero-order valence-corrected chi connectivity index (χ0v) is 13.6. The quantitative estimate of drug-likeness (QED) is 0.788. The van der Waals surface area contributed by atoms with Crippen LogP contribution in [0.25, 0.3) is 0 Å². The minimum atomic E-state index is 0.389. The summed E-state index contributed by atoms with van der Waals surface area (Å²) in [7, 11) is 0. The molecule has 2 rings (SSSR count). The van der Waals surface area contributed by atoms with Crippen molar-refractivity contribution >= 4 is 35.0 Å². The van der Waals surface area contributed by atoms with E-state index in [1.165, 1.54) is 30.6 Å². The highest BCUT2D eigenvalue weighted by molar-refractivity contribution is 8.00. The molecule has 1 aromatic carbocycles. The number of rotatable bonds is 5. The van der Waals surface area contributed by atoms with E-state index in [2.05, 4.69) is 30.1 Å². The van der Waals surface area contributed by atoms with Gasteiger partial charge in [0, 0.05) is 11.3 Å². The Morgan fingerprint density at radius 3 is 2.79 bits per heavy atom. The first kappa shape index (κ1) is 15.5. The van der Waals surface area contributed by atoms with Crippen molar-refractivity contribution in [2.45, 2.75) is 43.9 Å². The molecule has 2 atom stereocenters. The molecule has 0 saturated carbocycles. The summed E-state index contributed by atoms with van der Waals surface area (Å²) in [6.45, 7) is 3.24. The average molecular weight is 318 g/mol. The van der Waals surface area contributed by atoms with Gasteiger partial charge in [0.2, 0.25) is 0 Å². The molecule has 106 valence electrons. The molecule has 2 unspecified atom stereocenters. The van der Waals surface area contributed by atoms with Gasteiger partial charge < -0.3 is 5.32 Å². The molecule has 4 heteroatoms. The molecular weight excluding hydrogens is 297 g/mol. The monoisotopic (exact) mass is 317 g/mol. The lowest BCUT2D eigenvalue weighted by atomic mass is 9.99. The maximum Gasteiger partial charge on any atom is 0.0595 e. The van der Waals surface area contributed by atoms with Crippen molar-refractivity contribution < 1.29 is 0 Å². The lowest BCUT2D eigenvalue weighted by Crippen LogP contribution is -2.32. The van der Waals surface area contributed by atoms with Crippen LogP contribution in [0.2, 0.25) is 10.0 Å². The number of nitrogens with one attached hydrogen (secondary N) is 1. The van der Waals surface area contributed by atoms with E-state index in [1.54, 1.807) is 0 Å². The van der Waals surface area contributed by atoms with Crippen LogP contribution in [0.1, 0.15) is 44.2 Å². The molecule has 1 fully saturated rings. The third-order valence-electron chi connectivity index (χ3n) is 3.50. The van der Waals surface area contributed by atoms with E-state index in [9.17, 15) is 0 Å². The number of hydrogen-bond donors (Lipinski definition) is 1. The maximum atomic E-state index is 6.16. The standard InChI is InChI=1S/C15H21Cl2NS/c1-2-8-18-15(14-5-3-4-9-19-14)11-6-7-12(16)13(17)10-11/h6-7,10,14-15,18H,2-5,8-9H2,1H3. The molecule has 1 heterocycles. The SMILES string of the molecule is CCCNC(c1ccc(Cl)c(Cl)c1)C1CCCCS1. The molecule has 1 nitrogen and oxygen atoms in total. The van der Waals surface area contributed by atoms with Gasteiger partial charge in [-0.2, -0.15) is 11.8 Å². The van der Waals surface area contributed by atoms with Crippen LogP contribution in [0.5, 0.6) is 0 Å². The summed E-state index contributed by atoms with van der Waals surface area (Å²) >= 11 is 14.3. The van der Waals surface area contributed by atoms with Gasteiger partial charge in [-0.25, -0.2) is 0 Å². The summed E-state index contributed by atoms with van der Waals surface area (Å²) in [5.74, 6) is 1.27. The highest BCUT2D eigenvalue weighted by Crippen LogP contribution is 2.36. The van der Waals surface area contributed by atoms with E-state index in [0.29, 0.717) is 21.3 Å². The van der Waals surface area contributed by atoms with Crippen LogP contribution in [-0.4, -0.2) is 17.5 Å². The van der Waals surface area contributed by atoms with E-state index in [4.69, 9.17) is 23.2 Å². The molecule has 0 aliphatic carbocycles. The summed E-state index contributed by atoms with van der Waals surface area (Å²) < 4.78 is 0. The fourth-order valence-corrected chi connectivity index (χ4v) is 4.26. The second-order valence-corrected chi connectivity index (χ2v) is 7.17. The first-order chi connectivity index (χ1) is 9.22. The van der Waals surface area contributed by atoms with Crippen LogP contribution in [0, 0.1) is 0 Å². The second kappa shape index (κ2) is 7.78. The van der Waals surface area contributed by atoms with Crippen molar-refractivity contribution in [3.05, 3.63) is 33.8 Å². The predicted octanol–water partition coefficient (Wildman–Crippen LogP) is 5.32. The average Bonchev–Trinajstić information content (AvgIpc) is 2.44. The number of thioether (sulfide) groups is 1. The molecule has 0 amide bonds. The van der Waals surface area contributed by atoms with Gasteiger partial charge in [-0.1, -0.05) is 42.6 Å². The summed E-state index contributed by atoms with van der Waals surface area (Å²) in [6.07, 6.45) is 5.12. The largest absolute Gasteiger partial charge is 0.309 e. The highest BCUT2D eigenvalue weighted by atomic mass is 35.5. The topological polar surface area (TPSA) is 12.0 Å². The number of hydrogen-bond acceptors (Lipinski definition) is 2. The molecule has 1 saturated heterocycles. The van der Waals surface area contributed by atoms with E-state index < -0.39 is 0 Å². The summed E-state index contributed by atoms with van der Waals surface area (Å²) in [5, 5.41) is 5.62. The summed E-state index contributed by atoms with van der Waals surface area (Å²) in [6, 6.07) is 6.43. The molecule has 1 aliphatic heterocycles. The Bertz CT molecular complexity index is 405. The fraction of sp³-hybridized carbons (Fsp3) is 0.600. The van der Waals surface area contributed by atoms with Crippen LogP contribution in [-0.2, 0) is 0 Å². The Morgan fingerprint density at radius 2 is 2.16 bits per heavy atom. The van der Waals surface area contributed by atoms with Crippen molar-refractivity contribution in [2.24, 2.45) is 0 Å². The van der Waals surface area contributed by atoms with E-state index in [0.717, 1.165) is 13.0 Å². The lowest BCUT2D eigenvalue weighted by molar-refractivity contribution is 0.479. The third kappa shape index (κ3) is 4.29. The minimum Gasteiger partial charge on any atom is -0.309 e. The van der Waals surface area contributed by atoms with Crippen molar-refractivity contribution in [3.63, 3.8) is 0 Å². The highest BCUT2D eigenvalue weighted by Gasteiger charge is 2.25. The van der Waals surface area contributed by atoms with Crippen molar-refractivity contribution in [2.75, 3.05) is 12.3 Å². The van der Waals surface area contributed by atoms with Gasteiger partial charge in [-0.05, 0) is 49.3 Å². The Hall–Kier alpha value is 0.110. The Balaban J connectivity index is 2.17. The van der Waals surface area contributed by atoms with Gasteiger partial charge in [-0.15, -0.1) is 0 Å². The Morgan fingerprint density at radius 1 is 1.32 bits per heavy atom. The van der Waals surface area contributed by atoms with Gasteiger partial charge in [0.05, 0.1) is 10.0 Å². The number of halogens is 2. The zero-order chi connectivity index (χ0) is 13.7. The molecule has 1 aliphatic rings. The van der Waals surface area contributed by atoms with Crippen LogP contribution in [0.15, 0.2) is 18.2 Å². The van der Waals surface area contributed by atoms with Gasteiger partial charge in [0.1, 0.15) is 0 Å². The molecule has 1 N–H and O–H groups in total. The molecule has 19 heavy (non-hydrogen) atoms. The van der Waals surface area contributed by atoms with Gasteiger partial charge >= 0.3 is 0 Å². The predicted molar refractivity (Wildman–Crippen MR) is 87.6 cm³/mol. The minimum absolute atomic E-state index is 0.389. The normalized spacial score (nSPS) is 21.3. The fourth-order valence-electron chi connectivity index (χ4n) is 2.50. The van der Waals surface area contributed by atoms with E-state index in [1.807, 2.05) is 12.1 Å². The molecule has 0 bridgehead atoms. The second-order valence-electron chi connectivity index (χ2n) is 5.01. The van der Waals surface area contributed by atoms with Crippen LogP contribution in [0.4, 0.5) is 0 Å². The lowest BCUT2D eigenvalue weighted by Gasteiger charge is -2.31. The van der Waals surface area contributed by atoms with Gasteiger partial charge in [-0.3, -0.25) is 0 Å². The van der Waals surface area contributed by atoms with Gasteiger partial charge in [0.15, 0.2) is 0 Å². The number of benzene rings is 1. The van der Waals surface area contributed by atoms with E-state index >= 15 is 0 Å². The van der Waals surface area contributed by atoms with Gasteiger partial charge in [0.25, 0.3) is 0 Å². The summed E-state index contributed by atoms with van der Waals surface area (Å²) in [5.41, 5.74) is 1.27. The van der Waals surface area contributed by atoms with E-state index in [-0.39, 0.29) is 0 Å². The zero-order valence-electron chi connectivity index (χ0n) is 11.3. The smallest absolute Gasteiger partial charge is 0.0595 e. The van der Waals surface area contributed by atoms with Crippen molar-refractivity contribution in [3.8, 4) is 0 Å². The third-order valence-corrected chi connectivity index (χ3v) is 5.70. The first-order valence-electron chi connectivity index (χ1n) is 7.02. The first-order valence-corrected chi connectivity index (χ1v) is 8.82. The summed E-state index contributed by atoms with van der Waals surface area (Å²) in [4.78, 5) is 0. The van der Waals surface area contributed by atoms with Crippen molar-refractivity contribution in [1.29, 1.82) is 0 Å². The molecular formula is C15H21Cl2NS. The molecule has 0 radical (unpaired) electrons. The van der Waals surface area contributed by atoms with Crippen LogP contribution < -0.4 is 5.32 Å². The van der Waals surface area contributed by atoms with Crippen molar-refractivity contribution in [1.82, 2.24) is 5.32 Å². The maximum absolute atomic E-state index is 6.16. The Labute approximate surface area is 130 Å². The Kier molecular flexibility index (Phi) is 6.34. The van der Waals surface area contributed by atoms with Crippen LogP contribution >= 0.6 is 35.0 Å². The van der Waals surface area contributed by atoms with Crippen LogP contribution in [0.3, 0.4) is 0 Å². The molecule has 0 spiro atoms.